The molecule has 0 radical (unpaired) electrons. The van der Waals surface area contributed by atoms with E-state index >= 15 is 0 Å². The van der Waals surface area contributed by atoms with Crippen molar-refractivity contribution in [2.45, 2.75) is 0 Å². The van der Waals surface area contributed by atoms with Gasteiger partial charge in [-0.15, -0.1) is 11.3 Å². The average Bonchev–Trinajstić information content (AvgIpc) is 2.48. The van der Waals surface area contributed by atoms with Gasteiger partial charge in [-0.25, -0.2) is 4.98 Å². The summed E-state index contributed by atoms with van der Waals surface area (Å²) in [5, 5.41) is 0.585. The van der Waals surface area contributed by atoms with E-state index in [9.17, 15) is 0 Å². The fraction of sp³-hybridized carbons (Fsp3) is 0. The number of halogens is 2. The molecule has 2 aromatic rings. The van der Waals surface area contributed by atoms with Gasteiger partial charge in [0.25, 0.3) is 0 Å². The van der Waals surface area contributed by atoms with Crippen molar-refractivity contribution < 1.29 is 0 Å². The van der Waals surface area contributed by atoms with Crippen LogP contribution in [0.25, 0.3) is 10.2 Å². The van der Waals surface area contributed by atoms with Crippen molar-refractivity contribution >= 4 is 54.8 Å². The summed E-state index contributed by atoms with van der Waals surface area (Å²) in [5.74, 6) is 0. The Morgan fingerprint density at radius 3 is 3.08 bits per heavy atom. The number of thiazole rings is 1. The van der Waals surface area contributed by atoms with Gasteiger partial charge in [0.2, 0.25) is 0 Å². The normalized spacial score (nSPS) is 10.8. The molecule has 1 aromatic heterocycles. The molecular weight excluding hydrogens is 260 g/mol. The van der Waals surface area contributed by atoms with Gasteiger partial charge in [-0.1, -0.05) is 11.6 Å². The van der Waals surface area contributed by atoms with Crippen molar-refractivity contribution in [3.8, 4) is 0 Å². The first-order valence-electron chi connectivity index (χ1n) is 3.17. The van der Waals surface area contributed by atoms with E-state index in [0.29, 0.717) is 10.7 Å². The maximum atomic E-state index is 5.99. The highest BCUT2D eigenvalue weighted by atomic mass is 79.9. The maximum Gasteiger partial charge on any atom is 0.0841 e. The molecule has 1 heterocycles. The van der Waals surface area contributed by atoms with Gasteiger partial charge in [0, 0.05) is 4.47 Å². The van der Waals surface area contributed by atoms with Crippen LogP contribution in [-0.4, -0.2) is 4.98 Å². The van der Waals surface area contributed by atoms with E-state index in [2.05, 4.69) is 20.9 Å². The Kier molecular flexibility index (Phi) is 1.98. The lowest BCUT2D eigenvalue weighted by molar-refractivity contribution is 1.49. The largest absolute Gasteiger partial charge is 0.397 e. The molecule has 5 heteroatoms. The van der Waals surface area contributed by atoms with E-state index in [4.69, 9.17) is 17.3 Å². The summed E-state index contributed by atoms with van der Waals surface area (Å²) in [6.07, 6.45) is 0. The fourth-order valence-corrected chi connectivity index (χ4v) is 2.53. The number of nitrogens with zero attached hydrogens (tertiary/aromatic N) is 1. The Morgan fingerprint density at radius 1 is 1.58 bits per heavy atom. The Bertz CT molecular complexity index is 440. The lowest BCUT2D eigenvalue weighted by atomic mass is 10.3. The number of nitrogen functional groups attached to an aromatic ring is 1. The second-order valence-electron chi connectivity index (χ2n) is 2.29. The van der Waals surface area contributed by atoms with E-state index < -0.39 is 0 Å². The molecule has 2 rings (SSSR count). The molecule has 0 aliphatic carbocycles. The molecule has 0 spiro atoms. The first-order valence-corrected chi connectivity index (χ1v) is 5.22. The van der Waals surface area contributed by atoms with Crippen LogP contribution in [0.5, 0.6) is 0 Å². The van der Waals surface area contributed by atoms with E-state index in [-0.39, 0.29) is 0 Å². The first kappa shape index (κ1) is 8.29. The van der Waals surface area contributed by atoms with Crippen LogP contribution >= 0.6 is 38.9 Å². The van der Waals surface area contributed by atoms with Crippen molar-refractivity contribution in [1.82, 2.24) is 4.98 Å². The monoisotopic (exact) mass is 262 g/mol. The molecule has 0 aliphatic heterocycles. The van der Waals surface area contributed by atoms with Gasteiger partial charge >= 0.3 is 0 Å². The molecule has 2 nitrogen and oxygen atoms in total. The highest BCUT2D eigenvalue weighted by Gasteiger charge is 2.08. The van der Waals surface area contributed by atoms with Crippen LogP contribution < -0.4 is 5.73 Å². The van der Waals surface area contributed by atoms with Gasteiger partial charge in [-0.2, -0.15) is 0 Å². The molecule has 2 N–H and O–H groups in total. The topological polar surface area (TPSA) is 38.9 Å². The molecule has 0 saturated heterocycles. The number of fused-ring (bicyclic) bond motifs is 1. The zero-order valence-electron chi connectivity index (χ0n) is 5.84. The number of nitrogens with two attached hydrogens (primary N) is 1. The molecule has 62 valence electrons. The number of rotatable bonds is 0. The Labute approximate surface area is 86.5 Å². The van der Waals surface area contributed by atoms with Crippen molar-refractivity contribution in [1.29, 1.82) is 0 Å². The van der Waals surface area contributed by atoms with Gasteiger partial charge in [-0.3, -0.25) is 0 Å². The Balaban J connectivity index is 2.94. The van der Waals surface area contributed by atoms with Gasteiger partial charge in [0.05, 0.1) is 26.4 Å². The summed E-state index contributed by atoms with van der Waals surface area (Å²) in [6.45, 7) is 0. The second kappa shape index (κ2) is 2.87. The SMILES string of the molecule is Nc1c(Br)cc2ncsc2c1Cl. The molecular formula is C7H4BrClN2S. The molecule has 0 saturated carbocycles. The minimum atomic E-state index is 0.577. The Morgan fingerprint density at radius 2 is 2.33 bits per heavy atom. The second-order valence-corrected chi connectivity index (χ2v) is 4.37. The quantitative estimate of drug-likeness (QED) is 0.741. The van der Waals surface area contributed by atoms with Crippen LogP contribution in [0.2, 0.25) is 5.02 Å². The summed E-state index contributed by atoms with van der Waals surface area (Å²) in [6, 6.07) is 1.87. The molecule has 12 heavy (non-hydrogen) atoms. The summed E-state index contributed by atoms with van der Waals surface area (Å²) < 4.78 is 1.74. The lowest BCUT2D eigenvalue weighted by Crippen LogP contribution is -1.87. The predicted octanol–water partition coefficient (Wildman–Crippen LogP) is 3.29. The van der Waals surface area contributed by atoms with Crippen LogP contribution in [-0.2, 0) is 0 Å². The summed E-state index contributed by atoms with van der Waals surface area (Å²) in [5.41, 5.74) is 8.92. The van der Waals surface area contributed by atoms with Gasteiger partial charge < -0.3 is 5.73 Å². The third-order valence-electron chi connectivity index (χ3n) is 1.55. The van der Waals surface area contributed by atoms with E-state index in [1.807, 2.05) is 6.07 Å². The van der Waals surface area contributed by atoms with Crippen LogP contribution in [0.15, 0.2) is 16.0 Å². The van der Waals surface area contributed by atoms with Crippen molar-refractivity contribution in [3.05, 3.63) is 21.1 Å². The third-order valence-corrected chi connectivity index (χ3v) is 3.57. The van der Waals surface area contributed by atoms with Crippen molar-refractivity contribution in [2.75, 3.05) is 5.73 Å². The van der Waals surface area contributed by atoms with Gasteiger partial charge in [0.1, 0.15) is 0 Å². The minimum Gasteiger partial charge on any atom is -0.397 e. The van der Waals surface area contributed by atoms with E-state index in [1.54, 1.807) is 5.51 Å². The number of hydrogen-bond donors (Lipinski definition) is 1. The number of aromatic nitrogens is 1. The van der Waals surface area contributed by atoms with E-state index in [0.717, 1.165) is 14.7 Å². The predicted molar refractivity (Wildman–Crippen MR) is 56.7 cm³/mol. The zero-order valence-corrected chi connectivity index (χ0v) is 9.00. The van der Waals surface area contributed by atoms with Crippen LogP contribution in [0, 0.1) is 0 Å². The zero-order chi connectivity index (χ0) is 8.72. The minimum absolute atomic E-state index is 0.577. The maximum absolute atomic E-state index is 5.99. The van der Waals surface area contributed by atoms with Gasteiger partial charge in [-0.05, 0) is 22.0 Å². The van der Waals surface area contributed by atoms with Crippen LogP contribution in [0.3, 0.4) is 0 Å². The molecule has 0 fully saturated rings. The summed E-state index contributed by atoms with van der Waals surface area (Å²) >= 11 is 10.8. The van der Waals surface area contributed by atoms with Crippen molar-refractivity contribution in [3.63, 3.8) is 0 Å². The standard InChI is InChI=1S/C7H4BrClN2S/c8-3-1-4-7(12-2-11-4)5(9)6(3)10/h1-2H,10H2. The van der Waals surface area contributed by atoms with Crippen molar-refractivity contribution in [2.24, 2.45) is 0 Å². The highest BCUT2D eigenvalue weighted by molar-refractivity contribution is 9.10. The molecule has 0 aliphatic rings. The smallest absolute Gasteiger partial charge is 0.0841 e. The van der Waals surface area contributed by atoms with E-state index in [1.165, 1.54) is 11.3 Å². The average molecular weight is 264 g/mol. The fourth-order valence-electron chi connectivity index (χ4n) is 0.947. The lowest BCUT2D eigenvalue weighted by Gasteiger charge is -2.00. The first-order chi connectivity index (χ1) is 5.70. The molecule has 0 amide bonds. The molecule has 0 unspecified atom stereocenters. The third kappa shape index (κ3) is 1.11. The molecule has 1 aromatic carbocycles. The Hall–Kier alpha value is -0.320. The van der Waals surface area contributed by atoms with Gasteiger partial charge in [0.15, 0.2) is 0 Å². The highest BCUT2D eigenvalue weighted by Crippen LogP contribution is 2.36. The summed E-state index contributed by atoms with van der Waals surface area (Å²) in [7, 11) is 0. The molecule has 0 bridgehead atoms. The van der Waals surface area contributed by atoms with Crippen LogP contribution in [0.1, 0.15) is 0 Å². The summed E-state index contributed by atoms with van der Waals surface area (Å²) in [4.78, 5) is 4.13. The number of anilines is 1. The molecule has 0 atom stereocenters. The number of benzene rings is 1. The number of hydrogen-bond acceptors (Lipinski definition) is 3. The van der Waals surface area contributed by atoms with Crippen LogP contribution in [0.4, 0.5) is 5.69 Å².